The average molecular weight is 365 g/mol. The van der Waals surface area contributed by atoms with Crippen LogP contribution in [0.1, 0.15) is 39.5 Å². The summed E-state index contributed by atoms with van der Waals surface area (Å²) in [6.45, 7) is 7.38. The lowest BCUT2D eigenvalue weighted by Gasteiger charge is -2.49. The summed E-state index contributed by atoms with van der Waals surface area (Å²) < 4.78 is 23.5. The van der Waals surface area contributed by atoms with Crippen molar-refractivity contribution in [2.24, 2.45) is 23.2 Å². The van der Waals surface area contributed by atoms with Crippen molar-refractivity contribution in [3.05, 3.63) is 0 Å². The van der Waals surface area contributed by atoms with E-state index in [9.17, 15) is 4.79 Å². The van der Waals surface area contributed by atoms with Gasteiger partial charge in [0, 0.05) is 24.4 Å². The number of ether oxygens (including phenoxy) is 4. The number of carbonyl (C=O) groups is 1. The van der Waals surface area contributed by atoms with Gasteiger partial charge in [0.1, 0.15) is 11.7 Å². The molecule has 0 amide bonds. The van der Waals surface area contributed by atoms with Crippen LogP contribution in [0.4, 0.5) is 0 Å². The van der Waals surface area contributed by atoms with Crippen LogP contribution in [-0.2, 0) is 23.7 Å². The Bertz CT molecular complexity index is 593. The van der Waals surface area contributed by atoms with Gasteiger partial charge < -0.3 is 23.8 Å². The van der Waals surface area contributed by atoms with Gasteiger partial charge in [-0.1, -0.05) is 20.3 Å². The van der Waals surface area contributed by atoms with Crippen LogP contribution >= 0.6 is 0 Å². The highest BCUT2D eigenvalue weighted by Crippen LogP contribution is 2.70. The van der Waals surface area contributed by atoms with E-state index >= 15 is 0 Å². The number of esters is 1. The first-order chi connectivity index (χ1) is 12.4. The summed E-state index contributed by atoms with van der Waals surface area (Å²) in [4.78, 5) is 14.8. The molecule has 2 aliphatic carbocycles. The molecule has 0 N–H and O–H groups in total. The monoisotopic (exact) mass is 365 g/mol. The zero-order valence-electron chi connectivity index (χ0n) is 16.1. The van der Waals surface area contributed by atoms with Crippen LogP contribution in [0.15, 0.2) is 0 Å². The third kappa shape index (κ3) is 2.35. The molecule has 2 saturated carbocycles. The van der Waals surface area contributed by atoms with E-state index in [0.29, 0.717) is 32.2 Å². The molecule has 7 atom stereocenters. The maximum atomic E-state index is 12.7. The second kappa shape index (κ2) is 5.90. The van der Waals surface area contributed by atoms with Crippen molar-refractivity contribution in [1.82, 2.24) is 4.90 Å². The van der Waals surface area contributed by atoms with Crippen molar-refractivity contribution < 1.29 is 23.7 Å². The number of likely N-dealkylation sites (N-methyl/N-ethyl adjacent to an activating group) is 1. The molecule has 5 rings (SSSR count). The lowest BCUT2D eigenvalue weighted by Crippen LogP contribution is -2.54. The summed E-state index contributed by atoms with van der Waals surface area (Å²) in [5, 5.41) is 0. The Labute approximate surface area is 155 Å². The summed E-state index contributed by atoms with van der Waals surface area (Å²) in [5.41, 5.74) is 0.137. The molecular formula is C20H31NO5. The van der Waals surface area contributed by atoms with Crippen LogP contribution in [0.25, 0.3) is 0 Å². The fourth-order valence-corrected chi connectivity index (χ4v) is 6.62. The van der Waals surface area contributed by atoms with Gasteiger partial charge in [0.15, 0.2) is 6.29 Å². The van der Waals surface area contributed by atoms with Gasteiger partial charge >= 0.3 is 5.97 Å². The van der Waals surface area contributed by atoms with Crippen LogP contribution in [0, 0.1) is 23.2 Å². The van der Waals surface area contributed by atoms with Gasteiger partial charge in [-0.25, -0.2) is 0 Å². The van der Waals surface area contributed by atoms with Crippen LogP contribution in [0.2, 0.25) is 0 Å². The molecule has 5 fully saturated rings. The largest absolute Gasteiger partial charge is 0.462 e. The van der Waals surface area contributed by atoms with Gasteiger partial charge in [0.05, 0.1) is 25.2 Å². The van der Waals surface area contributed by atoms with Crippen LogP contribution in [-0.4, -0.2) is 68.3 Å². The molecular weight excluding hydrogens is 334 g/mol. The number of rotatable bonds is 4. The number of hydrogen-bond acceptors (Lipinski definition) is 6. The zero-order chi connectivity index (χ0) is 18.1. The quantitative estimate of drug-likeness (QED) is 0.559. The molecule has 0 aromatic heterocycles. The summed E-state index contributed by atoms with van der Waals surface area (Å²) in [5.74, 6) is 0.626. The summed E-state index contributed by atoms with van der Waals surface area (Å²) >= 11 is 0. The van der Waals surface area contributed by atoms with Gasteiger partial charge in [-0.3, -0.25) is 4.79 Å². The number of epoxide rings is 1. The molecule has 7 unspecified atom stereocenters. The molecule has 26 heavy (non-hydrogen) atoms. The van der Waals surface area contributed by atoms with E-state index in [4.69, 9.17) is 18.9 Å². The lowest BCUT2D eigenvalue weighted by molar-refractivity contribution is -0.147. The molecule has 0 aromatic carbocycles. The predicted octanol–water partition coefficient (Wildman–Crippen LogP) is 1.82. The molecule has 5 aliphatic rings. The molecule has 6 heteroatoms. The maximum Gasteiger partial charge on any atom is 0.311 e. The Kier molecular flexibility index (Phi) is 3.95. The Morgan fingerprint density at radius 3 is 2.77 bits per heavy atom. The Morgan fingerprint density at radius 2 is 2.00 bits per heavy atom. The second-order valence-electron chi connectivity index (χ2n) is 9.44. The smallest absolute Gasteiger partial charge is 0.311 e. The first kappa shape index (κ1) is 17.4. The van der Waals surface area contributed by atoms with Crippen LogP contribution in [0.5, 0.6) is 0 Å². The Balaban J connectivity index is 1.33. The van der Waals surface area contributed by atoms with Crippen LogP contribution in [0.3, 0.4) is 0 Å². The summed E-state index contributed by atoms with van der Waals surface area (Å²) in [7, 11) is 2.03. The van der Waals surface area contributed by atoms with Gasteiger partial charge in [0.25, 0.3) is 0 Å². The molecule has 0 radical (unpaired) electrons. The average Bonchev–Trinajstić information content (AvgIpc) is 3.00. The standard InChI is InChI=1S/C20H31NO5/c1-12-5-4-6-19(2)9-14-16(17-20(12,19)26-17)13(18(22)25-14)10-21(3)11-15-23-7-8-24-15/h12-17H,4-11H2,1-3H3. The highest BCUT2D eigenvalue weighted by Gasteiger charge is 2.78. The van der Waals surface area contributed by atoms with E-state index in [1.807, 2.05) is 7.05 Å². The molecule has 3 heterocycles. The lowest BCUT2D eigenvalue weighted by atomic mass is 9.53. The third-order valence-electron chi connectivity index (χ3n) is 7.85. The van der Waals surface area contributed by atoms with Gasteiger partial charge in [-0.2, -0.15) is 0 Å². The normalized spacial score (nSPS) is 50.3. The van der Waals surface area contributed by atoms with Crippen molar-refractivity contribution in [2.45, 2.75) is 63.6 Å². The minimum Gasteiger partial charge on any atom is -0.462 e. The molecule has 1 spiro atoms. The van der Waals surface area contributed by atoms with E-state index < -0.39 is 0 Å². The molecule has 3 aliphatic heterocycles. The maximum absolute atomic E-state index is 12.7. The fourth-order valence-electron chi connectivity index (χ4n) is 6.62. The van der Waals surface area contributed by atoms with Crippen molar-refractivity contribution in [2.75, 3.05) is 33.4 Å². The second-order valence-corrected chi connectivity index (χ2v) is 9.44. The third-order valence-corrected chi connectivity index (χ3v) is 7.85. The summed E-state index contributed by atoms with van der Waals surface area (Å²) in [6.07, 6.45) is 4.67. The molecule has 0 bridgehead atoms. The van der Waals surface area contributed by atoms with Crippen molar-refractivity contribution in [3.8, 4) is 0 Å². The Hall–Kier alpha value is -0.690. The van der Waals surface area contributed by atoms with E-state index in [-0.39, 0.29) is 47.3 Å². The van der Waals surface area contributed by atoms with Crippen molar-refractivity contribution in [3.63, 3.8) is 0 Å². The van der Waals surface area contributed by atoms with Crippen molar-refractivity contribution >= 4 is 5.97 Å². The number of hydrogen-bond donors (Lipinski definition) is 0. The fraction of sp³-hybridized carbons (Fsp3) is 0.950. The summed E-state index contributed by atoms with van der Waals surface area (Å²) in [6, 6.07) is 0. The molecule has 146 valence electrons. The first-order valence-corrected chi connectivity index (χ1v) is 10.2. The molecule has 0 aromatic rings. The highest BCUT2D eigenvalue weighted by molar-refractivity contribution is 5.76. The number of nitrogens with zero attached hydrogens (tertiary/aromatic N) is 1. The minimum atomic E-state index is -0.176. The topological polar surface area (TPSA) is 60.5 Å². The molecule has 3 saturated heterocycles. The van der Waals surface area contributed by atoms with Crippen LogP contribution < -0.4 is 0 Å². The number of fused-ring (bicyclic) bond motifs is 2. The SMILES string of the molecule is CC1CCCC2(C)CC3OC(=O)C(CN(C)CC4OCCO4)C3C3OC132. The van der Waals surface area contributed by atoms with Gasteiger partial charge in [0.2, 0.25) is 0 Å². The first-order valence-electron chi connectivity index (χ1n) is 10.2. The minimum absolute atomic E-state index is 0.0190. The van der Waals surface area contributed by atoms with Gasteiger partial charge in [-0.05, 0) is 32.2 Å². The number of carbonyl (C=O) groups excluding carboxylic acids is 1. The van der Waals surface area contributed by atoms with E-state index in [1.165, 1.54) is 19.3 Å². The van der Waals surface area contributed by atoms with Gasteiger partial charge in [-0.15, -0.1) is 0 Å². The Morgan fingerprint density at radius 1 is 1.23 bits per heavy atom. The van der Waals surface area contributed by atoms with E-state index in [0.717, 1.165) is 6.42 Å². The zero-order valence-corrected chi connectivity index (χ0v) is 16.1. The highest BCUT2D eigenvalue weighted by atomic mass is 16.7. The molecule has 6 nitrogen and oxygen atoms in total. The van der Waals surface area contributed by atoms with E-state index in [2.05, 4.69) is 18.7 Å². The predicted molar refractivity (Wildman–Crippen MR) is 93.4 cm³/mol. The van der Waals surface area contributed by atoms with E-state index in [1.54, 1.807) is 0 Å². The van der Waals surface area contributed by atoms with Crippen molar-refractivity contribution in [1.29, 1.82) is 0 Å².